The van der Waals surface area contributed by atoms with E-state index in [1.54, 1.807) is 53.4 Å². The summed E-state index contributed by atoms with van der Waals surface area (Å²) in [6, 6.07) is 13.4. The van der Waals surface area contributed by atoms with Gasteiger partial charge in [-0.25, -0.2) is 9.79 Å². The van der Waals surface area contributed by atoms with Gasteiger partial charge in [-0.1, -0.05) is 24.3 Å². The molecule has 0 saturated carbocycles. The number of aliphatic carboxylic acids is 1. The Bertz CT molecular complexity index is 1000. The predicted molar refractivity (Wildman–Crippen MR) is 112 cm³/mol. The number of para-hydroxylation sites is 1. The first kappa shape index (κ1) is 20.5. The number of carboxylic acid groups (broad SMARTS) is 1. The van der Waals surface area contributed by atoms with E-state index in [4.69, 9.17) is 9.84 Å². The van der Waals surface area contributed by atoms with Gasteiger partial charge in [-0.3, -0.25) is 9.69 Å². The molecular formula is C21H20N2O5S. The third kappa shape index (κ3) is 4.78. The Hall–Kier alpha value is -3.26. The van der Waals surface area contributed by atoms with Crippen LogP contribution < -0.4 is 4.74 Å². The van der Waals surface area contributed by atoms with Crippen LogP contribution in [0, 0.1) is 0 Å². The number of phenolic OH excluding ortho intramolecular Hbond substituents is 1. The molecule has 0 spiro atoms. The molecule has 1 aliphatic heterocycles. The van der Waals surface area contributed by atoms with E-state index < -0.39 is 12.1 Å². The van der Waals surface area contributed by atoms with Gasteiger partial charge in [0.15, 0.2) is 11.3 Å². The fourth-order valence-corrected chi connectivity index (χ4v) is 3.69. The van der Waals surface area contributed by atoms with E-state index >= 15 is 0 Å². The molecule has 1 atom stereocenters. The van der Waals surface area contributed by atoms with Crippen LogP contribution in [0.25, 0.3) is 6.08 Å². The maximum absolute atomic E-state index is 12.8. The average Bonchev–Trinajstić information content (AvgIpc) is 2.97. The molecular weight excluding hydrogens is 392 g/mol. The molecule has 0 radical (unpaired) electrons. The zero-order valence-electron chi connectivity index (χ0n) is 15.9. The molecule has 2 aromatic rings. The van der Waals surface area contributed by atoms with E-state index in [0.29, 0.717) is 33.6 Å². The number of aromatic hydroxyl groups is 1. The average molecular weight is 412 g/mol. The van der Waals surface area contributed by atoms with Gasteiger partial charge in [0.1, 0.15) is 11.5 Å². The minimum atomic E-state index is -1.07. The lowest BCUT2D eigenvalue weighted by Gasteiger charge is -2.13. The summed E-state index contributed by atoms with van der Waals surface area (Å²) >= 11 is 1.21. The number of carbonyl (C=O) groups is 2. The second-order valence-electron chi connectivity index (χ2n) is 6.21. The van der Waals surface area contributed by atoms with E-state index in [2.05, 4.69) is 4.99 Å². The van der Waals surface area contributed by atoms with E-state index in [-0.39, 0.29) is 11.7 Å². The zero-order chi connectivity index (χ0) is 21.0. The van der Waals surface area contributed by atoms with Crippen molar-refractivity contribution in [1.29, 1.82) is 0 Å². The quantitative estimate of drug-likeness (QED) is 0.699. The third-order valence-corrected chi connectivity index (χ3v) is 5.12. The molecule has 8 heteroatoms. The van der Waals surface area contributed by atoms with Gasteiger partial charge in [-0.05, 0) is 49.9 Å². The van der Waals surface area contributed by atoms with Crippen molar-refractivity contribution < 1.29 is 24.5 Å². The highest BCUT2D eigenvalue weighted by Crippen LogP contribution is 2.35. The number of amidine groups is 1. The second-order valence-corrected chi connectivity index (χ2v) is 7.22. The largest absolute Gasteiger partial charge is 0.508 e. The van der Waals surface area contributed by atoms with Gasteiger partial charge < -0.3 is 14.9 Å². The molecule has 0 aliphatic carbocycles. The number of rotatable bonds is 6. The molecule has 1 aliphatic rings. The van der Waals surface area contributed by atoms with Gasteiger partial charge in [0.25, 0.3) is 5.91 Å². The molecule has 1 amide bonds. The van der Waals surface area contributed by atoms with Gasteiger partial charge in [-0.15, -0.1) is 0 Å². The minimum Gasteiger partial charge on any atom is -0.508 e. The highest BCUT2D eigenvalue weighted by Gasteiger charge is 2.32. The molecule has 1 saturated heterocycles. The molecule has 29 heavy (non-hydrogen) atoms. The molecule has 150 valence electrons. The lowest BCUT2D eigenvalue weighted by Crippen LogP contribution is -2.28. The van der Waals surface area contributed by atoms with Crippen molar-refractivity contribution in [3.05, 3.63) is 59.0 Å². The summed E-state index contributed by atoms with van der Waals surface area (Å²) in [7, 11) is 0. The van der Waals surface area contributed by atoms with Crippen LogP contribution in [-0.2, 0) is 9.59 Å². The summed E-state index contributed by atoms with van der Waals surface area (Å²) in [5, 5.41) is 19.2. The van der Waals surface area contributed by atoms with Crippen LogP contribution in [0.2, 0.25) is 0 Å². The number of carboxylic acids is 1. The maximum Gasteiger partial charge on any atom is 0.344 e. The van der Waals surface area contributed by atoms with Gasteiger partial charge in [0, 0.05) is 18.2 Å². The van der Waals surface area contributed by atoms with Crippen LogP contribution in [0.5, 0.6) is 11.5 Å². The first-order chi connectivity index (χ1) is 13.9. The number of hydrogen-bond donors (Lipinski definition) is 2. The molecule has 2 aromatic carbocycles. The normalized spacial score (nSPS) is 17.7. The number of aliphatic imine (C=N–C) groups is 1. The van der Waals surface area contributed by atoms with Crippen molar-refractivity contribution in [1.82, 2.24) is 4.90 Å². The Balaban J connectivity index is 1.93. The molecule has 1 fully saturated rings. The van der Waals surface area contributed by atoms with Crippen molar-refractivity contribution >= 4 is 40.6 Å². The number of nitrogens with zero attached hydrogens (tertiary/aromatic N) is 2. The van der Waals surface area contributed by atoms with E-state index in [1.807, 2.05) is 6.92 Å². The SMILES string of the molecule is CCN1C(=O)/C(=C/c2ccccc2OC(C)C(=O)O)SC1=Nc1cccc(O)c1. The van der Waals surface area contributed by atoms with Gasteiger partial charge >= 0.3 is 5.97 Å². The van der Waals surface area contributed by atoms with E-state index in [9.17, 15) is 14.7 Å². The fraction of sp³-hybridized carbons (Fsp3) is 0.190. The molecule has 0 bridgehead atoms. The van der Waals surface area contributed by atoms with E-state index in [1.165, 1.54) is 24.8 Å². The number of carbonyl (C=O) groups excluding carboxylic acids is 1. The maximum atomic E-state index is 12.8. The lowest BCUT2D eigenvalue weighted by molar-refractivity contribution is -0.144. The summed E-state index contributed by atoms with van der Waals surface area (Å²) in [5.74, 6) is -0.794. The zero-order valence-corrected chi connectivity index (χ0v) is 16.7. The van der Waals surface area contributed by atoms with Crippen LogP contribution in [0.1, 0.15) is 19.4 Å². The van der Waals surface area contributed by atoms with Gasteiger partial charge in [0.05, 0.1) is 10.6 Å². The van der Waals surface area contributed by atoms with Gasteiger partial charge in [-0.2, -0.15) is 0 Å². The molecule has 2 N–H and O–H groups in total. The number of phenols is 1. The second kappa shape index (κ2) is 8.83. The third-order valence-electron chi connectivity index (χ3n) is 4.12. The smallest absolute Gasteiger partial charge is 0.344 e. The molecule has 1 heterocycles. The Labute approximate surface area is 172 Å². The van der Waals surface area contributed by atoms with Crippen molar-refractivity contribution in [2.45, 2.75) is 20.0 Å². The summed E-state index contributed by atoms with van der Waals surface area (Å²) in [4.78, 5) is 30.4. The summed E-state index contributed by atoms with van der Waals surface area (Å²) < 4.78 is 5.50. The van der Waals surface area contributed by atoms with Crippen molar-refractivity contribution in [2.75, 3.05) is 6.54 Å². The summed E-state index contributed by atoms with van der Waals surface area (Å²) in [5.41, 5.74) is 1.14. The van der Waals surface area contributed by atoms with Crippen molar-refractivity contribution in [3.63, 3.8) is 0 Å². The first-order valence-electron chi connectivity index (χ1n) is 8.96. The number of ether oxygens (including phenoxy) is 1. The minimum absolute atomic E-state index is 0.0959. The molecule has 0 aromatic heterocycles. The molecule has 1 unspecified atom stereocenters. The number of amides is 1. The highest BCUT2D eigenvalue weighted by atomic mass is 32.2. The summed E-state index contributed by atoms with van der Waals surface area (Å²) in [6.45, 7) is 3.74. The Kier molecular flexibility index (Phi) is 6.23. The molecule has 3 rings (SSSR count). The monoisotopic (exact) mass is 412 g/mol. The highest BCUT2D eigenvalue weighted by molar-refractivity contribution is 8.18. The Morgan fingerprint density at radius 2 is 2.03 bits per heavy atom. The Morgan fingerprint density at radius 3 is 2.72 bits per heavy atom. The van der Waals surface area contributed by atoms with Crippen LogP contribution in [0.4, 0.5) is 5.69 Å². The van der Waals surface area contributed by atoms with Crippen molar-refractivity contribution in [3.8, 4) is 11.5 Å². The number of hydrogen-bond acceptors (Lipinski definition) is 6. The summed E-state index contributed by atoms with van der Waals surface area (Å²) in [6.07, 6.45) is 0.654. The topological polar surface area (TPSA) is 99.4 Å². The standard InChI is InChI=1S/C21H20N2O5S/c1-3-23-19(25)18(29-21(23)22-15-8-6-9-16(24)12-15)11-14-7-4-5-10-17(14)28-13(2)20(26)27/h4-13,24H,3H2,1-2H3,(H,26,27)/b18-11-,22-21?. The van der Waals surface area contributed by atoms with Crippen LogP contribution in [0.15, 0.2) is 58.4 Å². The number of benzene rings is 2. The van der Waals surface area contributed by atoms with Crippen LogP contribution in [-0.4, -0.2) is 44.8 Å². The van der Waals surface area contributed by atoms with E-state index in [0.717, 1.165) is 0 Å². The van der Waals surface area contributed by atoms with Gasteiger partial charge in [0.2, 0.25) is 0 Å². The predicted octanol–water partition coefficient (Wildman–Crippen LogP) is 3.87. The number of thioether (sulfide) groups is 1. The molecule has 7 nitrogen and oxygen atoms in total. The van der Waals surface area contributed by atoms with Crippen LogP contribution >= 0.6 is 11.8 Å². The van der Waals surface area contributed by atoms with Crippen molar-refractivity contribution in [2.24, 2.45) is 4.99 Å². The first-order valence-corrected chi connectivity index (χ1v) is 9.78. The number of likely N-dealkylation sites (N-methyl/N-ethyl adjacent to an activating group) is 1. The lowest BCUT2D eigenvalue weighted by atomic mass is 10.2. The fourth-order valence-electron chi connectivity index (χ4n) is 2.63. The van der Waals surface area contributed by atoms with Crippen LogP contribution in [0.3, 0.4) is 0 Å². The Morgan fingerprint density at radius 1 is 1.28 bits per heavy atom.